The van der Waals surface area contributed by atoms with E-state index in [1.807, 2.05) is 44.2 Å². The van der Waals surface area contributed by atoms with Gasteiger partial charge in [-0.1, -0.05) is 84.7 Å². The summed E-state index contributed by atoms with van der Waals surface area (Å²) in [4.78, 5) is 54.7. The van der Waals surface area contributed by atoms with Crippen LogP contribution in [-0.2, 0) is 25.7 Å². The number of carbonyl (C=O) groups is 4. The molecule has 9 heteroatoms. The normalized spacial score (nSPS) is 25.1. The number of piperidine rings is 1. The number of fused-ring (bicyclic) bond motifs is 1. The average Bonchev–Trinajstić information content (AvgIpc) is 3.76. The summed E-state index contributed by atoms with van der Waals surface area (Å²) in [5, 5.41) is 19.7. The summed E-state index contributed by atoms with van der Waals surface area (Å²) in [7, 11) is 0. The second-order valence-electron chi connectivity index (χ2n) is 13.2. The van der Waals surface area contributed by atoms with Gasteiger partial charge in [0.25, 0.3) is 5.91 Å². The van der Waals surface area contributed by atoms with Crippen molar-refractivity contribution < 1.29 is 24.3 Å². The minimum Gasteiger partial charge on any atom is -0.381 e. The van der Waals surface area contributed by atoms with Crippen molar-refractivity contribution >= 4 is 23.6 Å². The van der Waals surface area contributed by atoms with E-state index in [0.29, 0.717) is 18.9 Å². The van der Waals surface area contributed by atoms with Crippen molar-refractivity contribution in [2.45, 2.75) is 91.6 Å². The summed E-state index contributed by atoms with van der Waals surface area (Å²) in [6.45, 7) is 12.3. The fraction of sp³-hybridized carbons (Fsp3) is 0.677. The van der Waals surface area contributed by atoms with Crippen LogP contribution in [0.25, 0.3) is 0 Å². The van der Waals surface area contributed by atoms with Gasteiger partial charge >= 0.3 is 0 Å². The van der Waals surface area contributed by atoms with Crippen molar-refractivity contribution in [1.29, 1.82) is 0 Å². The zero-order valence-corrected chi connectivity index (χ0v) is 24.6. The van der Waals surface area contributed by atoms with Gasteiger partial charge in [-0.3, -0.25) is 19.2 Å². The molecule has 4 rings (SSSR count). The van der Waals surface area contributed by atoms with Crippen molar-refractivity contribution in [3.05, 3.63) is 35.9 Å². The molecule has 1 heterocycles. The highest BCUT2D eigenvalue weighted by Crippen LogP contribution is 2.65. The first-order chi connectivity index (χ1) is 18.8. The van der Waals surface area contributed by atoms with Crippen molar-refractivity contribution in [1.82, 2.24) is 20.9 Å². The summed E-state index contributed by atoms with van der Waals surface area (Å²) in [6, 6.07) is 7.24. The van der Waals surface area contributed by atoms with Gasteiger partial charge < -0.3 is 26.0 Å². The van der Waals surface area contributed by atoms with Crippen LogP contribution in [0.4, 0.5) is 0 Å². The number of carbonyl (C=O) groups excluding carboxylic acids is 4. The highest BCUT2D eigenvalue weighted by molar-refractivity contribution is 5.94. The highest BCUT2D eigenvalue weighted by Gasteiger charge is 2.69. The molecule has 3 fully saturated rings. The van der Waals surface area contributed by atoms with Crippen molar-refractivity contribution in [3.8, 4) is 0 Å². The lowest BCUT2D eigenvalue weighted by molar-refractivity contribution is -0.145. The molecule has 1 saturated heterocycles. The molecule has 4 amide bonds. The molecule has 1 aliphatic heterocycles. The van der Waals surface area contributed by atoms with E-state index in [0.717, 1.165) is 18.4 Å². The molecule has 2 saturated carbocycles. The first-order valence-corrected chi connectivity index (χ1v) is 14.7. The molecule has 40 heavy (non-hydrogen) atoms. The summed E-state index contributed by atoms with van der Waals surface area (Å²) < 4.78 is 0. The summed E-state index contributed by atoms with van der Waals surface area (Å²) in [5.41, 5.74) is 0.822. The fourth-order valence-electron chi connectivity index (χ4n) is 6.15. The van der Waals surface area contributed by atoms with Gasteiger partial charge in [0.1, 0.15) is 12.1 Å². The van der Waals surface area contributed by atoms with Crippen molar-refractivity contribution in [2.75, 3.05) is 6.54 Å². The number of benzene rings is 1. The van der Waals surface area contributed by atoms with E-state index in [9.17, 15) is 24.3 Å². The van der Waals surface area contributed by atoms with Crippen LogP contribution in [0, 0.1) is 35.0 Å². The van der Waals surface area contributed by atoms with E-state index < -0.39 is 30.1 Å². The van der Waals surface area contributed by atoms with Gasteiger partial charge in [-0.2, -0.15) is 0 Å². The number of rotatable bonds is 12. The molecule has 1 aromatic rings. The van der Waals surface area contributed by atoms with Crippen molar-refractivity contribution in [2.24, 2.45) is 35.0 Å². The second-order valence-corrected chi connectivity index (χ2v) is 13.2. The quantitative estimate of drug-likeness (QED) is 0.315. The molecular formula is C31H46N4O5. The first kappa shape index (κ1) is 30.0. The molecule has 220 valence electrons. The van der Waals surface area contributed by atoms with E-state index in [1.54, 1.807) is 18.7 Å². The summed E-state index contributed by atoms with van der Waals surface area (Å²) in [5.74, 6) is -1.24. The molecule has 0 spiro atoms. The largest absolute Gasteiger partial charge is 0.381 e. The van der Waals surface area contributed by atoms with Gasteiger partial charge in [0.2, 0.25) is 17.7 Å². The van der Waals surface area contributed by atoms with E-state index in [-0.39, 0.29) is 53.4 Å². The van der Waals surface area contributed by atoms with Crippen molar-refractivity contribution in [3.63, 3.8) is 0 Å². The van der Waals surface area contributed by atoms with Crippen LogP contribution in [0.3, 0.4) is 0 Å². The zero-order chi connectivity index (χ0) is 29.4. The van der Waals surface area contributed by atoms with Crippen LogP contribution >= 0.6 is 0 Å². The van der Waals surface area contributed by atoms with Gasteiger partial charge in [-0.25, -0.2) is 0 Å². The monoisotopic (exact) mass is 554 g/mol. The van der Waals surface area contributed by atoms with Gasteiger partial charge in [0.05, 0.1) is 6.04 Å². The van der Waals surface area contributed by atoms with Crippen LogP contribution in [0.5, 0.6) is 0 Å². The maximum atomic E-state index is 13.9. The Labute approximate surface area is 237 Å². The fourth-order valence-corrected chi connectivity index (χ4v) is 6.15. The van der Waals surface area contributed by atoms with E-state index >= 15 is 0 Å². The standard InChI is InChI=1S/C31H46N4O5/c1-17(2)24(34-27(37)18(3)4)30(40)35-16-21-23(31(21,5)6)25(35)28(38)33-22(14-19-12-13-19)26(36)29(39)32-15-20-10-8-7-9-11-20/h7-11,17-19,21-26,36H,12-16H2,1-6H3,(H,32,39)(H,33,38)(H,34,37)/t21?,22-,23?,24-,25?,26?/m0/s1. The minimum absolute atomic E-state index is 0.0179. The molecule has 0 radical (unpaired) electrons. The topological polar surface area (TPSA) is 128 Å². The third kappa shape index (κ3) is 6.51. The van der Waals surface area contributed by atoms with E-state index in [4.69, 9.17) is 0 Å². The van der Waals surface area contributed by atoms with Crippen LogP contribution in [-0.4, -0.2) is 64.4 Å². The molecule has 0 bridgehead atoms. The predicted octanol–water partition coefficient (Wildman–Crippen LogP) is 2.23. The van der Waals surface area contributed by atoms with Gasteiger partial charge in [-0.05, 0) is 41.1 Å². The number of hydrogen-bond donors (Lipinski definition) is 4. The van der Waals surface area contributed by atoms with Crippen LogP contribution < -0.4 is 16.0 Å². The Balaban J connectivity index is 1.48. The molecule has 6 atom stereocenters. The molecule has 2 aliphatic carbocycles. The lowest BCUT2D eigenvalue weighted by atomic mass is 9.96. The maximum Gasteiger partial charge on any atom is 0.251 e. The van der Waals surface area contributed by atoms with E-state index in [1.165, 1.54) is 0 Å². The SMILES string of the molecule is CC(C)C(=O)N[C@H](C(=O)N1CC2C(C1C(=O)N[C@@H](CC1CC1)C(O)C(=O)NCc1ccccc1)C2(C)C)C(C)C. The number of nitrogens with one attached hydrogen (secondary N) is 3. The Morgan fingerprint density at radius 2 is 1.65 bits per heavy atom. The van der Waals surface area contributed by atoms with Crippen LogP contribution in [0.2, 0.25) is 0 Å². The zero-order valence-electron chi connectivity index (χ0n) is 24.6. The van der Waals surface area contributed by atoms with E-state index in [2.05, 4.69) is 29.8 Å². The molecule has 3 aliphatic rings. The Morgan fingerprint density at radius 1 is 1.00 bits per heavy atom. The Kier molecular flexibility index (Phi) is 8.93. The second kappa shape index (κ2) is 11.9. The van der Waals surface area contributed by atoms with Crippen LogP contribution in [0.15, 0.2) is 30.3 Å². The molecule has 4 unspecified atom stereocenters. The third-order valence-electron chi connectivity index (χ3n) is 9.09. The van der Waals surface area contributed by atoms with Gasteiger partial charge in [0, 0.05) is 19.0 Å². The summed E-state index contributed by atoms with van der Waals surface area (Å²) >= 11 is 0. The lowest BCUT2D eigenvalue weighted by Crippen LogP contribution is -2.60. The molecule has 9 nitrogen and oxygen atoms in total. The number of aliphatic hydroxyl groups excluding tert-OH is 1. The van der Waals surface area contributed by atoms with Gasteiger partial charge in [0.15, 0.2) is 6.10 Å². The number of amides is 4. The molecule has 4 N–H and O–H groups in total. The Morgan fingerprint density at radius 3 is 2.23 bits per heavy atom. The first-order valence-electron chi connectivity index (χ1n) is 14.7. The smallest absolute Gasteiger partial charge is 0.251 e. The number of hydrogen-bond acceptors (Lipinski definition) is 5. The average molecular weight is 555 g/mol. The number of likely N-dealkylation sites (tertiary alicyclic amines) is 1. The Bertz CT molecular complexity index is 1100. The Hall–Kier alpha value is -2.94. The lowest BCUT2D eigenvalue weighted by Gasteiger charge is -2.35. The number of aliphatic hydroxyl groups is 1. The number of nitrogens with zero attached hydrogens (tertiary/aromatic N) is 1. The molecule has 1 aromatic carbocycles. The minimum atomic E-state index is -1.41. The third-order valence-corrected chi connectivity index (χ3v) is 9.09. The maximum absolute atomic E-state index is 13.9. The highest BCUT2D eigenvalue weighted by atomic mass is 16.3. The predicted molar refractivity (Wildman–Crippen MR) is 151 cm³/mol. The summed E-state index contributed by atoms with van der Waals surface area (Å²) in [6.07, 6.45) is 1.10. The molecular weight excluding hydrogens is 508 g/mol. The van der Waals surface area contributed by atoms with Gasteiger partial charge in [-0.15, -0.1) is 0 Å². The van der Waals surface area contributed by atoms with Crippen LogP contribution in [0.1, 0.15) is 66.4 Å². The molecule has 0 aromatic heterocycles.